The Hall–Kier alpha value is -2.61. The second-order valence-electron chi connectivity index (χ2n) is 5.38. The molecule has 3 rings (SSSR count). The average molecular weight is 279 g/mol. The predicted molar refractivity (Wildman–Crippen MR) is 81.6 cm³/mol. The molecule has 0 bridgehead atoms. The normalized spacial score (nSPS) is 13.7. The van der Waals surface area contributed by atoms with Crippen molar-refractivity contribution in [1.29, 1.82) is 5.26 Å². The molecule has 21 heavy (non-hydrogen) atoms. The summed E-state index contributed by atoms with van der Waals surface area (Å²) in [5, 5.41) is 12.1. The van der Waals surface area contributed by atoms with Crippen LogP contribution in [0.5, 0.6) is 0 Å². The molecule has 1 aromatic carbocycles. The van der Waals surface area contributed by atoms with Gasteiger partial charge in [-0.15, -0.1) is 0 Å². The summed E-state index contributed by atoms with van der Waals surface area (Å²) in [6.07, 6.45) is 2.30. The first-order valence-electron chi connectivity index (χ1n) is 7.04. The van der Waals surface area contributed by atoms with Crippen molar-refractivity contribution in [3.05, 3.63) is 46.8 Å². The van der Waals surface area contributed by atoms with Gasteiger partial charge in [-0.2, -0.15) is 5.26 Å². The van der Waals surface area contributed by atoms with Crippen molar-refractivity contribution in [3.63, 3.8) is 0 Å². The Labute approximate surface area is 123 Å². The van der Waals surface area contributed by atoms with Gasteiger partial charge in [-0.25, -0.2) is 9.97 Å². The first-order valence-corrected chi connectivity index (χ1v) is 7.04. The highest BCUT2D eigenvalue weighted by molar-refractivity contribution is 5.55. The molecule has 1 heterocycles. The molecule has 0 amide bonds. The molecule has 1 aliphatic carbocycles. The lowest BCUT2D eigenvalue weighted by Crippen LogP contribution is -2.09. The molecule has 1 saturated carbocycles. The third-order valence-corrected chi connectivity index (χ3v) is 3.69. The van der Waals surface area contributed by atoms with E-state index in [2.05, 4.69) is 21.4 Å². The Kier molecular flexibility index (Phi) is 3.44. The minimum Gasteiger partial charge on any atom is -0.383 e. The Morgan fingerprint density at radius 1 is 1.29 bits per heavy atom. The standard InChI is InChI=1S/C16H17N5/c1-10-14(18)20-16(13-6-7-13)21-15(10)19-9-12-4-2-11(8-17)3-5-12/h2-5,13H,6-7,9H2,1H3,(H3,18,19,20,21). The van der Waals surface area contributed by atoms with E-state index in [0.717, 1.165) is 35.6 Å². The zero-order valence-electron chi connectivity index (χ0n) is 11.9. The quantitative estimate of drug-likeness (QED) is 0.898. The van der Waals surface area contributed by atoms with Gasteiger partial charge >= 0.3 is 0 Å². The van der Waals surface area contributed by atoms with Gasteiger partial charge in [-0.3, -0.25) is 0 Å². The van der Waals surface area contributed by atoms with Crippen LogP contribution in [0, 0.1) is 18.3 Å². The molecule has 1 aromatic heterocycles. The summed E-state index contributed by atoms with van der Waals surface area (Å²) in [5.74, 6) is 2.67. The van der Waals surface area contributed by atoms with Crippen LogP contribution in [0.4, 0.5) is 11.6 Å². The van der Waals surface area contributed by atoms with Crippen molar-refractivity contribution in [3.8, 4) is 6.07 Å². The van der Waals surface area contributed by atoms with E-state index in [1.807, 2.05) is 31.2 Å². The van der Waals surface area contributed by atoms with Crippen molar-refractivity contribution in [2.75, 3.05) is 11.1 Å². The highest BCUT2D eigenvalue weighted by Gasteiger charge is 2.27. The minimum atomic E-state index is 0.475. The molecule has 0 atom stereocenters. The molecule has 106 valence electrons. The van der Waals surface area contributed by atoms with Gasteiger partial charge in [0.1, 0.15) is 17.5 Å². The van der Waals surface area contributed by atoms with Gasteiger partial charge in [0.25, 0.3) is 0 Å². The molecule has 1 fully saturated rings. The topological polar surface area (TPSA) is 87.6 Å². The maximum absolute atomic E-state index is 8.80. The first kappa shape index (κ1) is 13.4. The molecule has 5 nitrogen and oxygen atoms in total. The van der Waals surface area contributed by atoms with Crippen LogP contribution in [0.1, 0.15) is 41.3 Å². The monoisotopic (exact) mass is 279 g/mol. The molecule has 0 aliphatic heterocycles. The Bertz CT molecular complexity index is 696. The number of hydrogen-bond acceptors (Lipinski definition) is 5. The number of nitrogens with zero attached hydrogens (tertiary/aromatic N) is 3. The molecule has 1 aliphatic rings. The number of rotatable bonds is 4. The van der Waals surface area contributed by atoms with E-state index >= 15 is 0 Å². The lowest BCUT2D eigenvalue weighted by Gasteiger charge is -2.12. The summed E-state index contributed by atoms with van der Waals surface area (Å²) >= 11 is 0. The molecule has 3 N–H and O–H groups in total. The van der Waals surface area contributed by atoms with Gasteiger partial charge in [-0.05, 0) is 37.5 Å². The summed E-state index contributed by atoms with van der Waals surface area (Å²) in [6.45, 7) is 2.57. The highest BCUT2D eigenvalue weighted by Crippen LogP contribution is 2.39. The Morgan fingerprint density at radius 3 is 2.62 bits per heavy atom. The predicted octanol–water partition coefficient (Wildman–Crippen LogP) is 2.73. The second kappa shape index (κ2) is 5.41. The van der Waals surface area contributed by atoms with Crippen LogP contribution in [0.2, 0.25) is 0 Å². The van der Waals surface area contributed by atoms with E-state index in [1.165, 1.54) is 0 Å². The highest BCUT2D eigenvalue weighted by atomic mass is 15.1. The van der Waals surface area contributed by atoms with Gasteiger partial charge in [0.2, 0.25) is 0 Å². The largest absolute Gasteiger partial charge is 0.383 e. The summed E-state index contributed by atoms with van der Waals surface area (Å²) in [4.78, 5) is 8.95. The van der Waals surface area contributed by atoms with Gasteiger partial charge in [-0.1, -0.05) is 12.1 Å². The maximum atomic E-state index is 8.80. The van der Waals surface area contributed by atoms with Crippen molar-refractivity contribution >= 4 is 11.6 Å². The van der Waals surface area contributed by atoms with E-state index in [9.17, 15) is 0 Å². The Morgan fingerprint density at radius 2 is 2.00 bits per heavy atom. The third-order valence-electron chi connectivity index (χ3n) is 3.69. The van der Waals surface area contributed by atoms with E-state index in [0.29, 0.717) is 23.8 Å². The fourth-order valence-electron chi connectivity index (χ4n) is 2.13. The molecule has 0 radical (unpaired) electrons. The number of anilines is 2. The lowest BCUT2D eigenvalue weighted by molar-refractivity contribution is 0.917. The SMILES string of the molecule is Cc1c(N)nc(C2CC2)nc1NCc1ccc(C#N)cc1. The molecule has 5 heteroatoms. The van der Waals surface area contributed by atoms with Crippen LogP contribution >= 0.6 is 0 Å². The molecule has 2 aromatic rings. The summed E-state index contributed by atoms with van der Waals surface area (Å²) in [5.41, 5.74) is 8.61. The van der Waals surface area contributed by atoms with Crippen LogP contribution in [0.15, 0.2) is 24.3 Å². The van der Waals surface area contributed by atoms with Crippen LogP contribution < -0.4 is 11.1 Å². The minimum absolute atomic E-state index is 0.475. The van der Waals surface area contributed by atoms with Crippen molar-refractivity contribution in [1.82, 2.24) is 9.97 Å². The number of hydrogen-bond donors (Lipinski definition) is 2. The fourth-order valence-corrected chi connectivity index (χ4v) is 2.13. The molecular weight excluding hydrogens is 262 g/mol. The second-order valence-corrected chi connectivity index (χ2v) is 5.38. The lowest BCUT2D eigenvalue weighted by atomic mass is 10.1. The molecule has 0 spiro atoms. The van der Waals surface area contributed by atoms with E-state index in [-0.39, 0.29) is 0 Å². The van der Waals surface area contributed by atoms with Crippen molar-refractivity contribution in [2.45, 2.75) is 32.2 Å². The zero-order chi connectivity index (χ0) is 14.8. The third kappa shape index (κ3) is 2.95. The van der Waals surface area contributed by atoms with Gasteiger partial charge in [0.05, 0.1) is 11.6 Å². The number of nitrogen functional groups attached to an aromatic ring is 1. The zero-order valence-corrected chi connectivity index (χ0v) is 11.9. The van der Waals surface area contributed by atoms with Gasteiger partial charge in [0.15, 0.2) is 0 Å². The number of nitriles is 1. The van der Waals surface area contributed by atoms with Crippen LogP contribution in [-0.2, 0) is 6.54 Å². The number of aromatic nitrogens is 2. The maximum Gasteiger partial charge on any atom is 0.136 e. The fraction of sp³-hybridized carbons (Fsp3) is 0.312. The molecular formula is C16H17N5. The van der Waals surface area contributed by atoms with E-state index in [1.54, 1.807) is 0 Å². The number of nitrogens with two attached hydrogens (primary N) is 1. The molecule has 0 unspecified atom stereocenters. The number of nitrogens with one attached hydrogen (secondary N) is 1. The van der Waals surface area contributed by atoms with Crippen molar-refractivity contribution < 1.29 is 0 Å². The van der Waals surface area contributed by atoms with Crippen LogP contribution in [-0.4, -0.2) is 9.97 Å². The van der Waals surface area contributed by atoms with Crippen LogP contribution in [0.3, 0.4) is 0 Å². The summed E-state index contributed by atoms with van der Waals surface area (Å²) in [6, 6.07) is 9.62. The summed E-state index contributed by atoms with van der Waals surface area (Å²) in [7, 11) is 0. The van der Waals surface area contributed by atoms with E-state index < -0.39 is 0 Å². The van der Waals surface area contributed by atoms with Gasteiger partial charge < -0.3 is 11.1 Å². The average Bonchev–Trinajstić information content (AvgIpc) is 3.34. The smallest absolute Gasteiger partial charge is 0.136 e. The van der Waals surface area contributed by atoms with Gasteiger partial charge in [0, 0.05) is 18.0 Å². The number of benzene rings is 1. The first-order chi connectivity index (χ1) is 10.2. The van der Waals surface area contributed by atoms with E-state index in [4.69, 9.17) is 11.0 Å². The van der Waals surface area contributed by atoms with Crippen LogP contribution in [0.25, 0.3) is 0 Å². The molecule has 0 saturated heterocycles. The summed E-state index contributed by atoms with van der Waals surface area (Å²) < 4.78 is 0. The van der Waals surface area contributed by atoms with Crippen molar-refractivity contribution in [2.24, 2.45) is 0 Å². The Balaban J connectivity index is 1.76.